The highest BCUT2D eigenvalue weighted by Gasteiger charge is 2.27. The number of aryl methyl sites for hydroxylation is 1. The molecule has 1 saturated carbocycles. The second-order valence-corrected chi connectivity index (χ2v) is 4.07. The molecule has 0 saturated heterocycles. The van der Waals surface area contributed by atoms with Crippen molar-refractivity contribution in [2.75, 3.05) is 0 Å². The van der Waals surface area contributed by atoms with Gasteiger partial charge in [0.25, 0.3) is 5.91 Å². The van der Waals surface area contributed by atoms with Gasteiger partial charge in [-0.1, -0.05) is 6.07 Å². The number of rotatable bonds is 2. The second kappa shape index (κ2) is 6.79. The summed E-state index contributed by atoms with van der Waals surface area (Å²) in [4.78, 5) is 15.9. The number of amides is 1. The lowest BCUT2D eigenvalue weighted by Crippen LogP contribution is -2.50. The van der Waals surface area contributed by atoms with Crippen molar-refractivity contribution in [3.05, 3.63) is 29.6 Å². The normalized spacial score (nSPS) is 21.5. The number of halogens is 2. The van der Waals surface area contributed by atoms with Crippen LogP contribution in [0.5, 0.6) is 0 Å². The van der Waals surface area contributed by atoms with Crippen LogP contribution >= 0.6 is 24.8 Å². The van der Waals surface area contributed by atoms with Gasteiger partial charge in [-0.15, -0.1) is 24.8 Å². The molecule has 0 atom stereocenters. The Morgan fingerprint density at radius 3 is 2.59 bits per heavy atom. The summed E-state index contributed by atoms with van der Waals surface area (Å²) in [6.45, 7) is 1.87. The number of nitrogens with two attached hydrogens (primary N) is 1. The highest BCUT2D eigenvalue weighted by molar-refractivity contribution is 5.92. The highest BCUT2D eigenvalue weighted by atomic mass is 35.5. The number of carbonyl (C=O) groups is 1. The van der Waals surface area contributed by atoms with Crippen molar-refractivity contribution in [2.24, 2.45) is 5.73 Å². The standard InChI is InChI=1S/C11H15N3O.2ClH/c1-7-3-2-4-10(13-7)11(15)14-9-5-8(12)6-9;;/h2-4,8-9H,5-6,12H2,1H3,(H,14,15);2*1H. The quantitative estimate of drug-likeness (QED) is 0.860. The molecular formula is C11H17Cl2N3O. The van der Waals surface area contributed by atoms with Crippen molar-refractivity contribution in [1.82, 2.24) is 10.3 Å². The molecule has 1 heterocycles. The zero-order chi connectivity index (χ0) is 10.8. The maximum atomic E-state index is 11.7. The van der Waals surface area contributed by atoms with E-state index in [-0.39, 0.29) is 42.8 Å². The van der Waals surface area contributed by atoms with Gasteiger partial charge in [-0.3, -0.25) is 4.79 Å². The first kappa shape index (κ1) is 16.2. The van der Waals surface area contributed by atoms with Crippen LogP contribution in [0.1, 0.15) is 29.0 Å². The zero-order valence-corrected chi connectivity index (χ0v) is 11.2. The van der Waals surface area contributed by atoms with Crippen molar-refractivity contribution < 1.29 is 4.79 Å². The molecule has 4 nitrogen and oxygen atoms in total. The van der Waals surface area contributed by atoms with Crippen molar-refractivity contribution in [3.63, 3.8) is 0 Å². The summed E-state index contributed by atoms with van der Waals surface area (Å²) in [7, 11) is 0. The zero-order valence-electron chi connectivity index (χ0n) is 9.55. The smallest absolute Gasteiger partial charge is 0.270 e. The van der Waals surface area contributed by atoms with Gasteiger partial charge in [-0.25, -0.2) is 4.98 Å². The van der Waals surface area contributed by atoms with Crippen LogP contribution in [-0.2, 0) is 0 Å². The Hall–Kier alpha value is -0.840. The minimum absolute atomic E-state index is 0. The van der Waals surface area contributed by atoms with Crippen LogP contribution in [0.4, 0.5) is 0 Å². The van der Waals surface area contributed by atoms with E-state index >= 15 is 0 Å². The second-order valence-electron chi connectivity index (χ2n) is 4.07. The van der Waals surface area contributed by atoms with Crippen LogP contribution in [0.3, 0.4) is 0 Å². The molecule has 0 spiro atoms. The van der Waals surface area contributed by atoms with Gasteiger partial charge in [0, 0.05) is 17.8 Å². The topological polar surface area (TPSA) is 68.0 Å². The summed E-state index contributed by atoms with van der Waals surface area (Å²) < 4.78 is 0. The summed E-state index contributed by atoms with van der Waals surface area (Å²) in [5, 5.41) is 2.91. The first-order valence-corrected chi connectivity index (χ1v) is 5.15. The third kappa shape index (κ3) is 4.15. The van der Waals surface area contributed by atoms with Crippen LogP contribution in [0.25, 0.3) is 0 Å². The van der Waals surface area contributed by atoms with Crippen LogP contribution in [0.15, 0.2) is 18.2 Å². The van der Waals surface area contributed by atoms with Gasteiger partial charge in [0.2, 0.25) is 0 Å². The fourth-order valence-corrected chi connectivity index (χ4v) is 1.71. The number of aromatic nitrogens is 1. The molecule has 0 unspecified atom stereocenters. The molecule has 1 aromatic heterocycles. The van der Waals surface area contributed by atoms with Crippen molar-refractivity contribution in [3.8, 4) is 0 Å². The van der Waals surface area contributed by atoms with Gasteiger partial charge in [0.15, 0.2) is 0 Å². The number of carbonyl (C=O) groups excluding carboxylic acids is 1. The number of nitrogens with one attached hydrogen (secondary N) is 1. The molecule has 1 aromatic rings. The molecule has 1 amide bonds. The molecule has 0 radical (unpaired) electrons. The molecule has 17 heavy (non-hydrogen) atoms. The van der Waals surface area contributed by atoms with Gasteiger partial charge < -0.3 is 11.1 Å². The Labute approximate surface area is 113 Å². The first-order chi connectivity index (χ1) is 7.15. The van der Waals surface area contributed by atoms with Gasteiger partial charge in [0.05, 0.1) is 0 Å². The van der Waals surface area contributed by atoms with Crippen molar-refractivity contribution in [1.29, 1.82) is 0 Å². The fourth-order valence-electron chi connectivity index (χ4n) is 1.71. The largest absolute Gasteiger partial charge is 0.348 e. The lowest BCUT2D eigenvalue weighted by Gasteiger charge is -2.32. The molecule has 1 aliphatic rings. The predicted molar refractivity (Wildman–Crippen MR) is 71.9 cm³/mol. The molecule has 0 aromatic carbocycles. The van der Waals surface area contributed by atoms with E-state index in [9.17, 15) is 4.79 Å². The molecule has 0 bridgehead atoms. The summed E-state index contributed by atoms with van der Waals surface area (Å²) in [5.41, 5.74) is 6.98. The van der Waals surface area contributed by atoms with Crippen molar-refractivity contribution >= 4 is 30.7 Å². The minimum atomic E-state index is -0.101. The maximum Gasteiger partial charge on any atom is 0.270 e. The molecule has 1 aliphatic carbocycles. The van der Waals surface area contributed by atoms with E-state index in [1.807, 2.05) is 19.1 Å². The molecule has 96 valence electrons. The first-order valence-electron chi connectivity index (χ1n) is 5.15. The van der Waals surface area contributed by atoms with E-state index in [4.69, 9.17) is 5.73 Å². The van der Waals surface area contributed by atoms with E-state index < -0.39 is 0 Å². The van der Waals surface area contributed by atoms with Crippen molar-refractivity contribution in [2.45, 2.75) is 31.8 Å². The number of hydrogen-bond acceptors (Lipinski definition) is 3. The van der Waals surface area contributed by atoms with E-state index in [1.165, 1.54) is 0 Å². The Balaban J connectivity index is 0.00000128. The van der Waals surface area contributed by atoms with E-state index in [0.717, 1.165) is 18.5 Å². The Morgan fingerprint density at radius 2 is 2.06 bits per heavy atom. The van der Waals surface area contributed by atoms with Crippen LogP contribution < -0.4 is 11.1 Å². The average molecular weight is 278 g/mol. The van der Waals surface area contributed by atoms with Gasteiger partial charge in [-0.05, 0) is 31.9 Å². The summed E-state index contributed by atoms with van der Waals surface area (Å²) >= 11 is 0. The third-order valence-corrected chi connectivity index (χ3v) is 2.63. The Bertz CT molecular complexity index is 381. The Morgan fingerprint density at radius 1 is 1.41 bits per heavy atom. The number of nitrogens with zero attached hydrogens (tertiary/aromatic N) is 1. The number of pyridine rings is 1. The maximum absolute atomic E-state index is 11.7. The van der Waals surface area contributed by atoms with Gasteiger partial charge in [-0.2, -0.15) is 0 Å². The van der Waals surface area contributed by atoms with Gasteiger partial charge >= 0.3 is 0 Å². The summed E-state index contributed by atoms with van der Waals surface area (Å²) in [6.07, 6.45) is 1.75. The molecule has 1 fully saturated rings. The lowest BCUT2D eigenvalue weighted by atomic mass is 9.87. The molecule has 0 aliphatic heterocycles. The number of hydrogen-bond donors (Lipinski definition) is 2. The highest BCUT2D eigenvalue weighted by Crippen LogP contribution is 2.17. The SMILES string of the molecule is Cc1cccc(C(=O)NC2CC(N)C2)n1.Cl.Cl. The molecular weight excluding hydrogens is 261 g/mol. The molecule has 3 N–H and O–H groups in total. The van der Waals surface area contributed by atoms with E-state index in [1.54, 1.807) is 6.07 Å². The predicted octanol–water partition coefficient (Wildman–Crippen LogP) is 1.45. The Kier molecular flexibility index (Phi) is 6.45. The van der Waals surface area contributed by atoms with E-state index in [2.05, 4.69) is 10.3 Å². The van der Waals surface area contributed by atoms with Gasteiger partial charge in [0.1, 0.15) is 5.69 Å². The van der Waals surface area contributed by atoms with Crippen LogP contribution in [0.2, 0.25) is 0 Å². The average Bonchev–Trinajstić information content (AvgIpc) is 2.15. The fraction of sp³-hybridized carbons (Fsp3) is 0.455. The molecule has 2 rings (SSSR count). The monoisotopic (exact) mass is 277 g/mol. The lowest BCUT2D eigenvalue weighted by molar-refractivity contribution is 0.0905. The summed E-state index contributed by atoms with van der Waals surface area (Å²) in [5.74, 6) is -0.101. The minimum Gasteiger partial charge on any atom is -0.348 e. The van der Waals surface area contributed by atoms with E-state index in [0.29, 0.717) is 5.69 Å². The van der Waals surface area contributed by atoms with Crippen LogP contribution in [0, 0.1) is 6.92 Å². The summed E-state index contributed by atoms with van der Waals surface area (Å²) in [6, 6.07) is 5.91. The third-order valence-electron chi connectivity index (χ3n) is 2.63. The van der Waals surface area contributed by atoms with Crippen LogP contribution in [-0.4, -0.2) is 23.0 Å². The molecule has 6 heteroatoms.